The zero-order valence-electron chi connectivity index (χ0n) is 15.2. The van der Waals surface area contributed by atoms with Crippen LogP contribution in [0.2, 0.25) is 0 Å². The maximum atomic E-state index is 12.9. The van der Waals surface area contributed by atoms with Gasteiger partial charge in [0.15, 0.2) is 0 Å². The first-order chi connectivity index (χ1) is 14.0. The lowest BCUT2D eigenvalue weighted by molar-refractivity contribution is -0.112. The summed E-state index contributed by atoms with van der Waals surface area (Å²) in [6.07, 6.45) is 1.51. The zero-order chi connectivity index (χ0) is 20.6. The van der Waals surface area contributed by atoms with Crippen LogP contribution in [-0.4, -0.2) is 5.91 Å². The van der Waals surface area contributed by atoms with Crippen LogP contribution < -0.4 is 10.1 Å². The first kappa shape index (κ1) is 20.3. The number of nitrogens with zero attached hydrogens (tertiary/aromatic N) is 1. The maximum absolute atomic E-state index is 12.9. The lowest BCUT2D eigenvalue weighted by Gasteiger charge is -2.07. The Morgan fingerprint density at radius 1 is 1.03 bits per heavy atom. The Morgan fingerprint density at radius 3 is 2.31 bits per heavy atom. The fourth-order valence-corrected chi connectivity index (χ4v) is 2.72. The van der Waals surface area contributed by atoms with Crippen LogP contribution in [0.4, 0.5) is 10.1 Å². The maximum Gasteiger partial charge on any atom is 0.266 e. The van der Waals surface area contributed by atoms with E-state index in [0.717, 1.165) is 10.0 Å². The highest BCUT2D eigenvalue weighted by Crippen LogP contribution is 2.18. The molecule has 3 aromatic rings. The van der Waals surface area contributed by atoms with Crippen molar-refractivity contribution in [2.24, 2.45) is 0 Å². The van der Waals surface area contributed by atoms with Crippen LogP contribution in [0.5, 0.6) is 5.75 Å². The van der Waals surface area contributed by atoms with Crippen LogP contribution in [0, 0.1) is 17.1 Å². The van der Waals surface area contributed by atoms with Crippen LogP contribution in [0.3, 0.4) is 0 Å². The third kappa shape index (κ3) is 6.03. The number of hydrogen-bond acceptors (Lipinski definition) is 3. The average molecular weight is 451 g/mol. The molecule has 0 heterocycles. The highest BCUT2D eigenvalue weighted by molar-refractivity contribution is 9.10. The topological polar surface area (TPSA) is 62.1 Å². The largest absolute Gasteiger partial charge is 0.489 e. The molecule has 0 aliphatic carbocycles. The van der Waals surface area contributed by atoms with E-state index in [0.29, 0.717) is 23.6 Å². The molecule has 0 saturated carbocycles. The van der Waals surface area contributed by atoms with Crippen molar-refractivity contribution in [2.75, 3.05) is 5.32 Å². The van der Waals surface area contributed by atoms with Gasteiger partial charge < -0.3 is 10.1 Å². The summed E-state index contributed by atoms with van der Waals surface area (Å²) in [4.78, 5) is 12.3. The molecule has 0 saturated heterocycles. The molecule has 0 radical (unpaired) electrons. The van der Waals surface area contributed by atoms with Gasteiger partial charge in [0, 0.05) is 10.2 Å². The van der Waals surface area contributed by atoms with Crippen molar-refractivity contribution >= 4 is 33.6 Å². The van der Waals surface area contributed by atoms with E-state index in [1.807, 2.05) is 6.07 Å². The minimum atomic E-state index is -0.480. The van der Waals surface area contributed by atoms with Crippen molar-refractivity contribution in [3.63, 3.8) is 0 Å². The van der Waals surface area contributed by atoms with Gasteiger partial charge in [0.1, 0.15) is 29.8 Å². The van der Waals surface area contributed by atoms with Crippen molar-refractivity contribution in [1.82, 2.24) is 0 Å². The lowest BCUT2D eigenvalue weighted by Crippen LogP contribution is -2.13. The van der Waals surface area contributed by atoms with Crippen molar-refractivity contribution in [3.05, 3.63) is 99.8 Å². The smallest absolute Gasteiger partial charge is 0.266 e. The van der Waals surface area contributed by atoms with Gasteiger partial charge >= 0.3 is 0 Å². The molecule has 6 heteroatoms. The number of hydrogen-bond donors (Lipinski definition) is 1. The van der Waals surface area contributed by atoms with E-state index in [4.69, 9.17) is 4.74 Å². The molecule has 0 atom stereocenters. The molecular weight excluding hydrogens is 435 g/mol. The van der Waals surface area contributed by atoms with Crippen LogP contribution >= 0.6 is 15.9 Å². The van der Waals surface area contributed by atoms with Gasteiger partial charge in [-0.1, -0.05) is 40.2 Å². The lowest BCUT2D eigenvalue weighted by atomic mass is 10.1. The number of carbonyl (C=O) groups is 1. The summed E-state index contributed by atoms with van der Waals surface area (Å²) in [6.45, 7) is 0.314. The Balaban J connectivity index is 1.63. The van der Waals surface area contributed by atoms with Gasteiger partial charge in [0.2, 0.25) is 0 Å². The predicted molar refractivity (Wildman–Crippen MR) is 114 cm³/mol. The van der Waals surface area contributed by atoms with Gasteiger partial charge in [-0.25, -0.2) is 4.39 Å². The number of ether oxygens (including phenoxy) is 1. The van der Waals surface area contributed by atoms with Crippen molar-refractivity contribution in [2.45, 2.75) is 6.61 Å². The average Bonchev–Trinajstić information content (AvgIpc) is 2.74. The Labute approximate surface area is 176 Å². The summed E-state index contributed by atoms with van der Waals surface area (Å²) in [5.74, 6) is -0.141. The molecule has 0 fully saturated rings. The molecule has 0 bridgehead atoms. The number of nitriles is 1. The van der Waals surface area contributed by atoms with Gasteiger partial charge in [-0.2, -0.15) is 5.26 Å². The highest BCUT2D eigenvalue weighted by atomic mass is 79.9. The van der Waals surface area contributed by atoms with E-state index in [1.165, 1.54) is 18.2 Å². The monoisotopic (exact) mass is 450 g/mol. The SMILES string of the molecule is N#C/C(=C/c1ccc(OCc2ccc(F)cc2)cc1)C(=O)Nc1ccc(Br)cc1. The zero-order valence-corrected chi connectivity index (χ0v) is 16.8. The van der Waals surface area contributed by atoms with Crippen LogP contribution in [-0.2, 0) is 11.4 Å². The van der Waals surface area contributed by atoms with Crippen molar-refractivity contribution in [3.8, 4) is 11.8 Å². The second-order valence-corrected chi connectivity index (χ2v) is 7.03. The molecular formula is C23H16BrFN2O2. The molecule has 0 spiro atoms. The summed E-state index contributed by atoms with van der Waals surface area (Å²) >= 11 is 3.33. The Bertz CT molecular complexity index is 1050. The molecule has 0 aliphatic heterocycles. The van der Waals surface area contributed by atoms with Crippen molar-refractivity contribution < 1.29 is 13.9 Å². The first-order valence-electron chi connectivity index (χ1n) is 8.69. The summed E-state index contributed by atoms with van der Waals surface area (Å²) in [5, 5.41) is 12.0. The molecule has 0 aliphatic rings. The minimum absolute atomic E-state index is 0.00657. The van der Waals surface area contributed by atoms with Crippen molar-refractivity contribution in [1.29, 1.82) is 5.26 Å². The number of amides is 1. The molecule has 3 aromatic carbocycles. The highest BCUT2D eigenvalue weighted by Gasteiger charge is 2.09. The minimum Gasteiger partial charge on any atom is -0.489 e. The molecule has 3 rings (SSSR count). The number of anilines is 1. The van der Waals surface area contributed by atoms with E-state index in [9.17, 15) is 14.4 Å². The van der Waals surface area contributed by atoms with E-state index >= 15 is 0 Å². The quantitative estimate of drug-likeness (QED) is 0.386. The van der Waals surface area contributed by atoms with E-state index in [2.05, 4.69) is 21.2 Å². The second-order valence-electron chi connectivity index (χ2n) is 6.12. The molecule has 144 valence electrons. The summed E-state index contributed by atoms with van der Waals surface area (Å²) in [5.41, 5.74) is 2.14. The summed E-state index contributed by atoms with van der Waals surface area (Å²) < 4.78 is 19.5. The molecule has 0 unspecified atom stereocenters. The van der Waals surface area contributed by atoms with E-state index < -0.39 is 5.91 Å². The fourth-order valence-electron chi connectivity index (χ4n) is 2.45. The second kappa shape index (κ2) is 9.67. The van der Waals surface area contributed by atoms with Gasteiger partial charge in [-0.15, -0.1) is 0 Å². The Kier molecular flexibility index (Phi) is 6.77. The van der Waals surface area contributed by atoms with Gasteiger partial charge in [0.05, 0.1) is 0 Å². The molecule has 1 amide bonds. The van der Waals surface area contributed by atoms with E-state index in [1.54, 1.807) is 60.7 Å². The van der Waals surface area contributed by atoms with Crippen LogP contribution in [0.1, 0.15) is 11.1 Å². The molecule has 1 N–H and O–H groups in total. The molecule has 29 heavy (non-hydrogen) atoms. The number of rotatable bonds is 6. The predicted octanol–water partition coefficient (Wildman–Crippen LogP) is 5.71. The van der Waals surface area contributed by atoms with Gasteiger partial charge in [-0.3, -0.25) is 4.79 Å². The number of nitrogens with one attached hydrogen (secondary N) is 1. The summed E-state index contributed by atoms with van der Waals surface area (Å²) in [6, 6.07) is 22.1. The molecule has 0 aromatic heterocycles. The standard InChI is InChI=1S/C23H16BrFN2O2/c24-19-5-9-21(10-6-19)27-23(28)18(14-26)13-16-3-11-22(12-4-16)29-15-17-1-7-20(25)8-2-17/h1-13H,15H2,(H,27,28)/b18-13-. The third-order valence-electron chi connectivity index (χ3n) is 3.98. The van der Waals surface area contributed by atoms with Gasteiger partial charge in [0.25, 0.3) is 5.91 Å². The first-order valence-corrected chi connectivity index (χ1v) is 9.49. The molecule has 4 nitrogen and oxygen atoms in total. The Hall–Kier alpha value is -3.43. The van der Waals surface area contributed by atoms with Crippen LogP contribution in [0.25, 0.3) is 6.08 Å². The van der Waals surface area contributed by atoms with Gasteiger partial charge in [-0.05, 0) is 65.7 Å². The third-order valence-corrected chi connectivity index (χ3v) is 4.51. The number of carbonyl (C=O) groups excluding carboxylic acids is 1. The fraction of sp³-hybridized carbons (Fsp3) is 0.0435. The number of halogens is 2. The normalized spacial score (nSPS) is 10.9. The number of benzene rings is 3. The summed E-state index contributed by atoms with van der Waals surface area (Å²) in [7, 11) is 0. The van der Waals surface area contributed by atoms with E-state index in [-0.39, 0.29) is 11.4 Å². The van der Waals surface area contributed by atoms with Crippen LogP contribution in [0.15, 0.2) is 82.8 Å². The Morgan fingerprint density at radius 2 is 1.69 bits per heavy atom.